The molecular formula is C12H16Br2N2O. The van der Waals surface area contributed by atoms with Crippen LogP contribution in [0.15, 0.2) is 22.7 Å². The molecule has 1 amide bonds. The van der Waals surface area contributed by atoms with Gasteiger partial charge in [-0.05, 0) is 24.6 Å². The molecule has 0 aromatic heterocycles. The van der Waals surface area contributed by atoms with Crippen LogP contribution < -0.4 is 10.2 Å². The minimum Gasteiger partial charge on any atom is -0.376 e. The number of hydrogen-bond acceptors (Lipinski definition) is 2. The predicted molar refractivity (Wildman–Crippen MR) is 80.1 cm³/mol. The zero-order valence-corrected chi connectivity index (χ0v) is 13.3. The third-order valence-corrected chi connectivity index (χ3v) is 3.90. The number of hydrogen-bond donors (Lipinski definition) is 1. The predicted octanol–water partition coefficient (Wildman–Crippen LogP) is 3.63. The summed E-state index contributed by atoms with van der Waals surface area (Å²) in [7, 11) is 3.90. The third kappa shape index (κ3) is 4.00. The highest BCUT2D eigenvalue weighted by Crippen LogP contribution is 2.28. The minimum atomic E-state index is -0.156. The van der Waals surface area contributed by atoms with Crippen molar-refractivity contribution in [3.05, 3.63) is 22.7 Å². The van der Waals surface area contributed by atoms with E-state index in [1.165, 1.54) is 0 Å². The third-order valence-electron chi connectivity index (χ3n) is 2.34. The van der Waals surface area contributed by atoms with Crippen LogP contribution in [0.2, 0.25) is 0 Å². The van der Waals surface area contributed by atoms with Crippen molar-refractivity contribution in [3.8, 4) is 0 Å². The van der Waals surface area contributed by atoms with Crippen LogP contribution in [0, 0.1) is 0 Å². The Morgan fingerprint density at radius 3 is 2.65 bits per heavy atom. The van der Waals surface area contributed by atoms with Gasteiger partial charge in [0.15, 0.2) is 0 Å². The molecule has 1 atom stereocenters. The number of benzene rings is 1. The average molecular weight is 364 g/mol. The largest absolute Gasteiger partial charge is 0.376 e. The van der Waals surface area contributed by atoms with Crippen LogP contribution in [0.5, 0.6) is 0 Å². The van der Waals surface area contributed by atoms with Crippen LogP contribution in [0.4, 0.5) is 11.4 Å². The van der Waals surface area contributed by atoms with Crippen LogP contribution >= 0.6 is 31.9 Å². The van der Waals surface area contributed by atoms with Crippen molar-refractivity contribution >= 4 is 49.1 Å². The molecule has 1 N–H and O–H groups in total. The first-order valence-corrected chi connectivity index (χ1v) is 7.08. The fourth-order valence-corrected chi connectivity index (χ4v) is 1.87. The number of carbonyl (C=O) groups excluding carboxylic acids is 1. The highest BCUT2D eigenvalue weighted by atomic mass is 79.9. The van der Waals surface area contributed by atoms with E-state index in [1.807, 2.05) is 44.1 Å². The molecule has 3 nitrogen and oxygen atoms in total. The van der Waals surface area contributed by atoms with Crippen LogP contribution in [-0.2, 0) is 4.79 Å². The summed E-state index contributed by atoms with van der Waals surface area (Å²) in [6.45, 7) is 1.97. The topological polar surface area (TPSA) is 32.3 Å². The van der Waals surface area contributed by atoms with Crippen molar-refractivity contribution in [2.24, 2.45) is 0 Å². The number of amides is 1. The van der Waals surface area contributed by atoms with Crippen LogP contribution in [0.1, 0.15) is 13.3 Å². The van der Waals surface area contributed by atoms with Gasteiger partial charge in [0.1, 0.15) is 0 Å². The second-order valence-corrected chi connectivity index (χ2v) is 5.94. The molecule has 0 saturated carbocycles. The van der Waals surface area contributed by atoms with Crippen LogP contribution in [0.3, 0.4) is 0 Å². The summed E-state index contributed by atoms with van der Waals surface area (Å²) in [4.78, 5) is 13.7. The SMILES string of the molecule is CCC(Br)C(=O)Nc1cc(Br)ccc1N(C)C. The molecule has 0 fully saturated rings. The second-order valence-electron chi connectivity index (χ2n) is 3.92. The molecule has 0 heterocycles. The summed E-state index contributed by atoms with van der Waals surface area (Å²) >= 11 is 6.75. The van der Waals surface area contributed by atoms with E-state index in [4.69, 9.17) is 0 Å². The number of anilines is 2. The van der Waals surface area contributed by atoms with Crippen molar-refractivity contribution in [1.82, 2.24) is 0 Å². The summed E-state index contributed by atoms with van der Waals surface area (Å²) in [6.07, 6.45) is 0.761. The molecule has 0 radical (unpaired) electrons. The first-order chi connectivity index (χ1) is 7.95. The Bertz CT molecular complexity index is 407. The van der Waals surface area contributed by atoms with Gasteiger partial charge in [-0.2, -0.15) is 0 Å². The molecular weight excluding hydrogens is 348 g/mol. The van der Waals surface area contributed by atoms with Gasteiger partial charge in [-0.15, -0.1) is 0 Å². The summed E-state index contributed by atoms with van der Waals surface area (Å²) in [5.74, 6) is -0.0197. The van der Waals surface area contributed by atoms with E-state index in [1.54, 1.807) is 0 Å². The number of nitrogens with one attached hydrogen (secondary N) is 1. The van der Waals surface area contributed by atoms with E-state index < -0.39 is 0 Å². The van der Waals surface area contributed by atoms with E-state index in [9.17, 15) is 4.79 Å². The molecule has 1 aromatic carbocycles. The average Bonchev–Trinajstić information content (AvgIpc) is 2.27. The normalized spacial score (nSPS) is 12.1. The van der Waals surface area contributed by atoms with Crippen LogP contribution in [0.25, 0.3) is 0 Å². The lowest BCUT2D eigenvalue weighted by Gasteiger charge is -2.19. The Labute approximate surface area is 119 Å². The fraction of sp³-hybridized carbons (Fsp3) is 0.417. The van der Waals surface area contributed by atoms with Gasteiger partial charge in [-0.25, -0.2) is 0 Å². The molecule has 1 aromatic rings. The van der Waals surface area contributed by atoms with Gasteiger partial charge >= 0.3 is 0 Å². The lowest BCUT2D eigenvalue weighted by Crippen LogP contribution is -2.23. The van der Waals surface area contributed by atoms with E-state index in [2.05, 4.69) is 37.2 Å². The van der Waals surface area contributed by atoms with Gasteiger partial charge in [0.05, 0.1) is 16.2 Å². The van der Waals surface area contributed by atoms with Gasteiger partial charge < -0.3 is 10.2 Å². The smallest absolute Gasteiger partial charge is 0.238 e. The van der Waals surface area contributed by atoms with E-state index in [0.29, 0.717) is 0 Å². The maximum atomic E-state index is 11.8. The Kier molecular flexibility index (Phi) is 5.46. The number of rotatable bonds is 4. The highest BCUT2D eigenvalue weighted by molar-refractivity contribution is 9.10. The number of nitrogens with zero attached hydrogens (tertiary/aromatic N) is 1. The molecule has 0 spiro atoms. The van der Waals surface area contributed by atoms with Gasteiger partial charge in [0.2, 0.25) is 5.91 Å². The molecule has 1 rings (SSSR count). The van der Waals surface area contributed by atoms with E-state index in [0.717, 1.165) is 22.3 Å². The number of halogens is 2. The summed E-state index contributed by atoms with van der Waals surface area (Å²) < 4.78 is 0.945. The van der Waals surface area contributed by atoms with Crippen LogP contribution in [-0.4, -0.2) is 24.8 Å². The Balaban J connectivity index is 2.96. The molecule has 0 saturated heterocycles. The van der Waals surface area contributed by atoms with E-state index >= 15 is 0 Å². The molecule has 0 aliphatic heterocycles. The zero-order valence-electron chi connectivity index (χ0n) is 10.1. The van der Waals surface area contributed by atoms with Crippen molar-refractivity contribution in [1.29, 1.82) is 0 Å². The number of carbonyl (C=O) groups is 1. The van der Waals surface area contributed by atoms with Gasteiger partial charge in [0.25, 0.3) is 0 Å². The second kappa shape index (κ2) is 6.40. The highest BCUT2D eigenvalue weighted by Gasteiger charge is 2.15. The first-order valence-electron chi connectivity index (χ1n) is 5.37. The monoisotopic (exact) mass is 362 g/mol. The van der Waals surface area contributed by atoms with Gasteiger partial charge in [0, 0.05) is 18.6 Å². The summed E-state index contributed by atoms with van der Waals surface area (Å²) in [5, 5.41) is 2.93. The molecule has 0 aliphatic rings. The first kappa shape index (κ1) is 14.5. The molecule has 0 aliphatic carbocycles. The minimum absolute atomic E-state index is 0.0197. The maximum absolute atomic E-state index is 11.8. The molecule has 94 valence electrons. The quantitative estimate of drug-likeness (QED) is 0.828. The zero-order chi connectivity index (χ0) is 13.0. The standard InChI is InChI=1S/C12H16Br2N2O/c1-4-9(14)12(17)15-10-7-8(13)5-6-11(10)16(2)3/h5-7,9H,4H2,1-3H3,(H,15,17). The fourth-order valence-electron chi connectivity index (χ4n) is 1.39. The Morgan fingerprint density at radius 1 is 1.47 bits per heavy atom. The lowest BCUT2D eigenvalue weighted by atomic mass is 10.2. The van der Waals surface area contributed by atoms with Crippen molar-refractivity contribution < 1.29 is 4.79 Å². The van der Waals surface area contributed by atoms with E-state index in [-0.39, 0.29) is 10.7 Å². The lowest BCUT2D eigenvalue weighted by molar-refractivity contribution is -0.115. The summed E-state index contributed by atoms with van der Waals surface area (Å²) in [6, 6.07) is 5.83. The summed E-state index contributed by atoms with van der Waals surface area (Å²) in [5.41, 5.74) is 1.80. The molecule has 1 unspecified atom stereocenters. The number of alkyl halides is 1. The van der Waals surface area contributed by atoms with Crippen molar-refractivity contribution in [2.45, 2.75) is 18.2 Å². The molecule has 5 heteroatoms. The van der Waals surface area contributed by atoms with Crippen molar-refractivity contribution in [3.63, 3.8) is 0 Å². The van der Waals surface area contributed by atoms with Crippen molar-refractivity contribution in [2.75, 3.05) is 24.3 Å². The van der Waals surface area contributed by atoms with Gasteiger partial charge in [-0.1, -0.05) is 38.8 Å². The molecule has 0 bridgehead atoms. The maximum Gasteiger partial charge on any atom is 0.238 e. The Hall–Kier alpha value is -0.550. The Morgan fingerprint density at radius 2 is 2.12 bits per heavy atom. The molecule has 17 heavy (non-hydrogen) atoms. The van der Waals surface area contributed by atoms with Gasteiger partial charge in [-0.3, -0.25) is 4.79 Å².